The summed E-state index contributed by atoms with van der Waals surface area (Å²) in [6.07, 6.45) is 0.553. The van der Waals surface area contributed by atoms with Crippen LogP contribution in [0.5, 0.6) is 0 Å². The third kappa shape index (κ3) is 5.45. The van der Waals surface area contributed by atoms with Crippen molar-refractivity contribution in [2.24, 2.45) is 5.84 Å². The highest BCUT2D eigenvalue weighted by atomic mass is 32.1. The highest BCUT2D eigenvalue weighted by molar-refractivity contribution is 7.80. The summed E-state index contributed by atoms with van der Waals surface area (Å²) in [6, 6.07) is 10.1. The number of rotatable bonds is 5. The second kappa shape index (κ2) is 6.52. The summed E-state index contributed by atoms with van der Waals surface area (Å²) in [5.74, 6) is 5.93. The molecule has 5 heteroatoms. The van der Waals surface area contributed by atoms with Crippen molar-refractivity contribution >= 4 is 17.3 Å². The van der Waals surface area contributed by atoms with Crippen LogP contribution in [-0.4, -0.2) is 27.4 Å². The topological polar surface area (TPSA) is 61.5 Å². The van der Waals surface area contributed by atoms with Crippen molar-refractivity contribution < 1.29 is 5.11 Å². The van der Waals surface area contributed by atoms with Gasteiger partial charge in [0.15, 0.2) is 5.11 Å². The van der Waals surface area contributed by atoms with Crippen molar-refractivity contribution in [3.63, 3.8) is 0 Å². The van der Waals surface area contributed by atoms with Gasteiger partial charge in [-0.3, -0.25) is 5.01 Å². The molecule has 0 fully saturated rings. The molecule has 0 heterocycles. The summed E-state index contributed by atoms with van der Waals surface area (Å²) in [4.78, 5) is 0. The lowest BCUT2D eigenvalue weighted by molar-refractivity contribution is 0.0643. The number of thiocarbonyl (C=S) groups is 1. The van der Waals surface area contributed by atoms with E-state index in [0.717, 1.165) is 5.56 Å². The lowest BCUT2D eigenvalue weighted by Crippen LogP contribution is -2.52. The molecule has 0 amide bonds. The van der Waals surface area contributed by atoms with E-state index in [0.29, 0.717) is 18.1 Å². The Bertz CT molecular complexity index is 440. The van der Waals surface area contributed by atoms with Gasteiger partial charge in [-0.15, -0.1) is 0 Å². The first kappa shape index (κ1) is 16.9. The maximum atomic E-state index is 9.71. The molecule has 0 radical (unpaired) electrons. The van der Waals surface area contributed by atoms with Gasteiger partial charge in [0.25, 0.3) is 0 Å². The third-order valence-electron chi connectivity index (χ3n) is 3.14. The highest BCUT2D eigenvalue weighted by Crippen LogP contribution is 2.19. The molecule has 1 aromatic carbocycles. The van der Waals surface area contributed by atoms with Crippen molar-refractivity contribution in [2.75, 3.05) is 6.54 Å². The Balaban J connectivity index is 2.61. The fourth-order valence-electron chi connectivity index (χ4n) is 1.76. The van der Waals surface area contributed by atoms with Gasteiger partial charge in [-0.2, -0.15) is 0 Å². The van der Waals surface area contributed by atoms with E-state index in [4.69, 9.17) is 18.1 Å². The van der Waals surface area contributed by atoms with E-state index < -0.39 is 5.60 Å². The van der Waals surface area contributed by atoms with Crippen LogP contribution >= 0.6 is 12.2 Å². The van der Waals surface area contributed by atoms with Gasteiger partial charge in [-0.1, -0.05) is 30.3 Å². The predicted octanol–water partition coefficient (Wildman–Crippen LogP) is 2.13. The number of nitrogens with two attached hydrogens (primary N) is 1. The van der Waals surface area contributed by atoms with Crippen LogP contribution in [-0.2, 0) is 5.54 Å². The van der Waals surface area contributed by atoms with Crippen LogP contribution in [0.2, 0.25) is 0 Å². The molecule has 0 saturated carbocycles. The fourth-order valence-corrected chi connectivity index (χ4v) is 2.11. The average molecular weight is 295 g/mol. The van der Waals surface area contributed by atoms with E-state index in [1.165, 1.54) is 5.01 Å². The normalized spacial score (nSPS) is 12.1. The molecule has 0 unspecified atom stereocenters. The molecule has 0 spiro atoms. The molecule has 0 bridgehead atoms. The largest absolute Gasteiger partial charge is 0.390 e. The van der Waals surface area contributed by atoms with Crippen molar-refractivity contribution in [2.45, 2.75) is 45.3 Å². The lowest BCUT2D eigenvalue weighted by Gasteiger charge is -2.32. The molecule has 0 aromatic heterocycles. The number of nitrogens with one attached hydrogen (secondary N) is 1. The van der Waals surface area contributed by atoms with E-state index in [1.54, 1.807) is 13.8 Å². The van der Waals surface area contributed by atoms with Gasteiger partial charge in [0.1, 0.15) is 0 Å². The predicted molar refractivity (Wildman–Crippen MR) is 87.0 cm³/mol. The zero-order valence-electron chi connectivity index (χ0n) is 12.7. The number of hydrogen-bond acceptors (Lipinski definition) is 3. The number of hydrogen-bond donors (Lipinski definition) is 3. The maximum absolute atomic E-state index is 9.71. The molecular formula is C15H25N3OS. The van der Waals surface area contributed by atoms with E-state index in [9.17, 15) is 5.11 Å². The SMILES string of the molecule is CC(C)(O)CCN(N)C(=S)NC(C)(C)c1ccccc1. The summed E-state index contributed by atoms with van der Waals surface area (Å²) in [5.41, 5.74) is 0.0885. The van der Waals surface area contributed by atoms with Crippen LogP contribution in [0, 0.1) is 0 Å². The van der Waals surface area contributed by atoms with Gasteiger partial charge in [-0.25, -0.2) is 5.84 Å². The molecule has 112 valence electrons. The summed E-state index contributed by atoms with van der Waals surface area (Å²) in [6.45, 7) is 8.12. The second-order valence-corrected chi connectivity index (χ2v) is 6.56. The Morgan fingerprint density at radius 2 is 1.80 bits per heavy atom. The highest BCUT2D eigenvalue weighted by Gasteiger charge is 2.23. The summed E-state index contributed by atoms with van der Waals surface area (Å²) in [7, 11) is 0. The van der Waals surface area contributed by atoms with Crippen molar-refractivity contribution in [1.82, 2.24) is 10.3 Å². The number of nitrogens with zero attached hydrogens (tertiary/aromatic N) is 1. The molecule has 0 aliphatic rings. The molecule has 0 aliphatic carbocycles. The lowest BCUT2D eigenvalue weighted by atomic mass is 9.95. The molecule has 0 saturated heterocycles. The minimum Gasteiger partial charge on any atom is -0.390 e. The van der Waals surface area contributed by atoms with E-state index in [-0.39, 0.29) is 5.54 Å². The van der Waals surface area contributed by atoms with Crippen LogP contribution < -0.4 is 11.2 Å². The monoisotopic (exact) mass is 295 g/mol. The molecule has 4 N–H and O–H groups in total. The number of aliphatic hydroxyl groups is 1. The van der Waals surface area contributed by atoms with Gasteiger partial charge < -0.3 is 10.4 Å². The first-order valence-corrected chi connectivity index (χ1v) is 7.15. The molecule has 1 aromatic rings. The number of benzene rings is 1. The fraction of sp³-hybridized carbons (Fsp3) is 0.533. The molecule has 20 heavy (non-hydrogen) atoms. The summed E-state index contributed by atoms with van der Waals surface area (Å²) >= 11 is 5.32. The zero-order valence-corrected chi connectivity index (χ0v) is 13.5. The van der Waals surface area contributed by atoms with E-state index >= 15 is 0 Å². The van der Waals surface area contributed by atoms with Gasteiger partial charge in [-0.05, 0) is 51.9 Å². The third-order valence-corrected chi connectivity index (χ3v) is 3.48. The zero-order chi connectivity index (χ0) is 15.4. The molecular weight excluding hydrogens is 270 g/mol. The smallest absolute Gasteiger partial charge is 0.183 e. The van der Waals surface area contributed by atoms with Gasteiger partial charge >= 0.3 is 0 Å². The van der Waals surface area contributed by atoms with Gasteiger partial charge in [0, 0.05) is 6.54 Å². The first-order valence-electron chi connectivity index (χ1n) is 6.74. The second-order valence-electron chi connectivity index (χ2n) is 6.18. The molecule has 0 aliphatic heterocycles. The first-order chi connectivity index (χ1) is 9.12. The Hall–Kier alpha value is -1.17. The Kier molecular flexibility index (Phi) is 5.50. The molecule has 0 atom stereocenters. The minimum atomic E-state index is -0.748. The quantitative estimate of drug-likeness (QED) is 0.441. The Labute approximate surface area is 126 Å². The van der Waals surface area contributed by atoms with Crippen LogP contribution in [0.3, 0.4) is 0 Å². The van der Waals surface area contributed by atoms with E-state index in [2.05, 4.69) is 19.2 Å². The van der Waals surface area contributed by atoms with E-state index in [1.807, 2.05) is 30.3 Å². The molecule has 1 rings (SSSR count). The summed E-state index contributed by atoms with van der Waals surface area (Å²) in [5, 5.41) is 14.9. The van der Waals surface area contributed by atoms with Gasteiger partial charge in [0.2, 0.25) is 0 Å². The van der Waals surface area contributed by atoms with Crippen molar-refractivity contribution in [3.05, 3.63) is 35.9 Å². The standard InChI is InChI=1S/C15H25N3OS/c1-14(2,19)10-11-18(16)13(20)17-15(3,4)12-8-6-5-7-9-12/h5-9,19H,10-11,16H2,1-4H3,(H,17,20). The Morgan fingerprint density at radius 3 is 2.30 bits per heavy atom. The van der Waals surface area contributed by atoms with Gasteiger partial charge in [0.05, 0.1) is 11.1 Å². The minimum absolute atomic E-state index is 0.301. The Morgan fingerprint density at radius 1 is 1.25 bits per heavy atom. The number of hydrazine groups is 1. The van der Waals surface area contributed by atoms with Crippen molar-refractivity contribution in [3.8, 4) is 0 Å². The van der Waals surface area contributed by atoms with Crippen LogP contribution in [0.1, 0.15) is 39.7 Å². The van der Waals surface area contributed by atoms with Crippen molar-refractivity contribution in [1.29, 1.82) is 0 Å². The van der Waals surface area contributed by atoms with Crippen LogP contribution in [0.25, 0.3) is 0 Å². The maximum Gasteiger partial charge on any atom is 0.183 e. The van der Waals surface area contributed by atoms with Crippen LogP contribution in [0.4, 0.5) is 0 Å². The summed E-state index contributed by atoms with van der Waals surface area (Å²) < 4.78 is 0. The molecule has 4 nitrogen and oxygen atoms in total. The average Bonchev–Trinajstić information content (AvgIpc) is 2.35. The van der Waals surface area contributed by atoms with Crippen LogP contribution in [0.15, 0.2) is 30.3 Å².